The number of aromatic nitrogens is 2. The number of hydrogen-bond acceptors (Lipinski definition) is 5. The van der Waals surface area contributed by atoms with Crippen molar-refractivity contribution in [2.24, 2.45) is 5.92 Å². The summed E-state index contributed by atoms with van der Waals surface area (Å²) in [4.78, 5) is 2.61. The van der Waals surface area contributed by atoms with E-state index in [9.17, 15) is 0 Å². The van der Waals surface area contributed by atoms with E-state index in [4.69, 9.17) is 0 Å². The minimum absolute atomic E-state index is 0.662. The molecule has 3 atom stereocenters. The topological polar surface area (TPSA) is 29.0 Å². The Bertz CT molecular complexity index is 393. The summed E-state index contributed by atoms with van der Waals surface area (Å²) in [6, 6.07) is 0. The quantitative estimate of drug-likeness (QED) is 0.613. The lowest BCUT2D eigenvalue weighted by Gasteiger charge is -2.21. The molecule has 0 radical (unpaired) electrons. The van der Waals surface area contributed by atoms with Crippen LogP contribution in [0.25, 0.3) is 0 Å². The minimum Gasteiger partial charge on any atom is -0.302 e. The van der Waals surface area contributed by atoms with Crippen LogP contribution in [0.3, 0.4) is 0 Å². The number of hydrogen-bond donors (Lipinski definition) is 0. The number of rotatable bonds is 5. The van der Waals surface area contributed by atoms with E-state index in [2.05, 4.69) is 20.6 Å². The first-order chi connectivity index (χ1) is 8.88. The molecule has 0 saturated carbocycles. The van der Waals surface area contributed by atoms with E-state index in [0.29, 0.717) is 5.92 Å². The highest BCUT2D eigenvalue weighted by atomic mass is 32.2. The second-order valence-electron chi connectivity index (χ2n) is 5.43. The predicted molar refractivity (Wildman–Crippen MR) is 77.4 cm³/mol. The molecule has 5 heteroatoms. The van der Waals surface area contributed by atoms with E-state index >= 15 is 0 Å². The predicted octanol–water partition coefficient (Wildman–Crippen LogP) is 3.24. The fraction of sp³-hybridized carbons (Fsp3) is 0.846. The average molecular weight is 283 g/mol. The van der Waals surface area contributed by atoms with Gasteiger partial charge in [0.2, 0.25) is 0 Å². The van der Waals surface area contributed by atoms with Gasteiger partial charge < -0.3 is 4.90 Å². The molecule has 0 N–H and O–H groups in total. The molecular weight excluding hydrogens is 262 g/mol. The fourth-order valence-electron chi connectivity index (χ4n) is 3.15. The van der Waals surface area contributed by atoms with Crippen LogP contribution in [0, 0.1) is 5.92 Å². The van der Waals surface area contributed by atoms with Crippen LogP contribution in [0.1, 0.15) is 44.2 Å². The zero-order valence-corrected chi connectivity index (χ0v) is 12.6. The van der Waals surface area contributed by atoms with Gasteiger partial charge in [-0.1, -0.05) is 13.3 Å². The Kier molecular flexibility index (Phi) is 4.21. The van der Waals surface area contributed by atoms with Crippen molar-refractivity contribution in [3.8, 4) is 0 Å². The van der Waals surface area contributed by atoms with Gasteiger partial charge in [-0.25, -0.2) is 0 Å². The van der Waals surface area contributed by atoms with Gasteiger partial charge in [0.1, 0.15) is 5.03 Å². The van der Waals surface area contributed by atoms with Gasteiger partial charge in [0.15, 0.2) is 0 Å². The Morgan fingerprint density at radius 3 is 3.17 bits per heavy atom. The molecule has 3 nitrogen and oxygen atoms in total. The molecule has 2 aliphatic rings. The zero-order valence-electron chi connectivity index (χ0n) is 11.0. The van der Waals surface area contributed by atoms with E-state index in [-0.39, 0.29) is 0 Å². The van der Waals surface area contributed by atoms with Crippen molar-refractivity contribution in [2.45, 2.75) is 43.6 Å². The molecule has 2 aliphatic heterocycles. The first-order valence-corrected chi connectivity index (χ1v) is 8.77. The summed E-state index contributed by atoms with van der Waals surface area (Å²) < 4.78 is 9.14. The lowest BCUT2D eigenvalue weighted by atomic mass is 9.89. The molecule has 3 rings (SSSR count). The van der Waals surface area contributed by atoms with Crippen molar-refractivity contribution in [3.05, 3.63) is 5.69 Å². The molecule has 1 aromatic heterocycles. The Morgan fingerprint density at radius 1 is 1.39 bits per heavy atom. The Balaban J connectivity index is 1.70. The summed E-state index contributed by atoms with van der Waals surface area (Å²) in [5, 5.41) is 1.23. The van der Waals surface area contributed by atoms with Crippen molar-refractivity contribution in [3.63, 3.8) is 0 Å². The van der Waals surface area contributed by atoms with E-state index in [1.807, 2.05) is 11.8 Å². The van der Waals surface area contributed by atoms with Crippen LogP contribution < -0.4 is 0 Å². The van der Waals surface area contributed by atoms with Crippen molar-refractivity contribution in [1.29, 1.82) is 0 Å². The van der Waals surface area contributed by atoms with Crippen LogP contribution >= 0.6 is 23.5 Å². The Morgan fingerprint density at radius 2 is 2.33 bits per heavy atom. The van der Waals surface area contributed by atoms with Gasteiger partial charge in [-0.15, -0.1) is 11.8 Å². The van der Waals surface area contributed by atoms with Crippen LogP contribution in [0.2, 0.25) is 0 Å². The van der Waals surface area contributed by atoms with E-state index < -0.39 is 0 Å². The van der Waals surface area contributed by atoms with Crippen molar-refractivity contribution in [2.75, 3.05) is 25.4 Å². The molecule has 3 heterocycles. The maximum absolute atomic E-state index is 4.62. The highest BCUT2D eigenvalue weighted by molar-refractivity contribution is 7.99. The number of piperidine rings is 1. The second-order valence-corrected chi connectivity index (χ2v) is 7.04. The Labute approximate surface area is 118 Å². The third-order valence-electron chi connectivity index (χ3n) is 4.14. The molecule has 0 aromatic carbocycles. The average Bonchev–Trinajstić information content (AvgIpc) is 2.95. The van der Waals surface area contributed by atoms with Gasteiger partial charge in [-0.2, -0.15) is 8.75 Å². The first kappa shape index (κ1) is 12.9. The van der Waals surface area contributed by atoms with Crippen LogP contribution in [0.4, 0.5) is 0 Å². The zero-order chi connectivity index (χ0) is 12.4. The molecule has 1 aromatic rings. The fourth-order valence-corrected chi connectivity index (χ4v) is 5.01. The van der Waals surface area contributed by atoms with Gasteiger partial charge in [-0.05, 0) is 37.5 Å². The summed E-state index contributed by atoms with van der Waals surface area (Å²) >= 11 is 3.32. The van der Waals surface area contributed by atoms with Crippen LogP contribution in [0.5, 0.6) is 0 Å². The summed E-state index contributed by atoms with van der Waals surface area (Å²) in [6.07, 6.45) is 5.30. The van der Waals surface area contributed by atoms with Crippen LogP contribution in [0.15, 0.2) is 5.03 Å². The standard InChI is InChI=1S/C13H21N3S2/c1-2-3-7-17-13-12(14-18-15-13)11-9-16-6-4-5-10(11)8-16/h10-11H,2-9H2,1H3/t10-,11+/m0/s1. The van der Waals surface area contributed by atoms with Crippen LogP contribution in [-0.4, -0.2) is 39.0 Å². The smallest absolute Gasteiger partial charge is 0.134 e. The van der Waals surface area contributed by atoms with Crippen molar-refractivity contribution in [1.82, 2.24) is 13.6 Å². The molecule has 0 amide bonds. The van der Waals surface area contributed by atoms with E-state index in [0.717, 1.165) is 5.92 Å². The number of unbranched alkanes of at least 4 members (excludes halogenated alkanes) is 1. The Hall–Kier alpha value is -0.130. The normalized spacial score (nSPS) is 30.8. The van der Waals surface area contributed by atoms with Crippen LogP contribution in [-0.2, 0) is 0 Å². The first-order valence-electron chi connectivity index (χ1n) is 7.06. The summed E-state index contributed by atoms with van der Waals surface area (Å²) in [5.41, 5.74) is 1.32. The number of nitrogens with zero attached hydrogens (tertiary/aromatic N) is 3. The van der Waals surface area contributed by atoms with E-state index in [1.165, 1.54) is 73.5 Å². The molecular formula is C13H21N3S2. The molecule has 100 valence electrons. The number of thioether (sulfide) groups is 1. The molecule has 0 aliphatic carbocycles. The highest BCUT2D eigenvalue weighted by Gasteiger charge is 2.38. The summed E-state index contributed by atoms with van der Waals surface area (Å²) in [7, 11) is 0. The van der Waals surface area contributed by atoms with Crippen molar-refractivity contribution >= 4 is 23.5 Å². The van der Waals surface area contributed by atoms with Crippen molar-refractivity contribution < 1.29 is 0 Å². The third-order valence-corrected chi connectivity index (χ3v) is 5.86. The highest BCUT2D eigenvalue weighted by Crippen LogP contribution is 2.41. The monoisotopic (exact) mass is 283 g/mol. The van der Waals surface area contributed by atoms with Gasteiger partial charge >= 0.3 is 0 Å². The maximum Gasteiger partial charge on any atom is 0.134 e. The molecule has 2 saturated heterocycles. The largest absolute Gasteiger partial charge is 0.302 e. The summed E-state index contributed by atoms with van der Waals surface area (Å²) in [5.74, 6) is 2.69. The molecule has 1 unspecified atom stereocenters. The third kappa shape index (κ3) is 2.58. The van der Waals surface area contributed by atoms with Gasteiger partial charge in [0, 0.05) is 19.0 Å². The lowest BCUT2D eigenvalue weighted by molar-refractivity contribution is 0.269. The number of fused-ring (bicyclic) bond motifs is 2. The molecule has 2 bridgehead atoms. The van der Waals surface area contributed by atoms with E-state index in [1.54, 1.807) is 0 Å². The lowest BCUT2D eigenvalue weighted by Crippen LogP contribution is -2.25. The summed E-state index contributed by atoms with van der Waals surface area (Å²) in [6.45, 7) is 6.05. The molecule has 0 spiro atoms. The second kappa shape index (κ2) is 5.88. The van der Waals surface area contributed by atoms with Gasteiger partial charge in [-0.3, -0.25) is 0 Å². The molecule has 18 heavy (non-hydrogen) atoms. The maximum atomic E-state index is 4.62. The molecule has 2 fully saturated rings. The van der Waals surface area contributed by atoms with Gasteiger partial charge in [0.25, 0.3) is 0 Å². The van der Waals surface area contributed by atoms with Gasteiger partial charge in [0.05, 0.1) is 17.4 Å². The minimum atomic E-state index is 0.662. The SMILES string of the molecule is CCCCSc1nsnc1[C@@H]1CN2CCC[C@H]1C2.